The first-order valence-electron chi connectivity index (χ1n) is 11.0. The number of morpholine rings is 1. The fraction of sp³-hybridized carbons (Fsp3) is 0.500. The molecule has 1 saturated heterocycles. The average molecular weight is 481 g/mol. The number of aliphatic hydroxyl groups excluding tert-OH is 1. The SMILES string of the molecule is Cc1ccc(N(CC(C)C)S(=O)(=O)c2ccc(C(CO)N3CCOCC3)c(Cl)c2)c(C)c1. The Kier molecular flexibility index (Phi) is 8.22. The van der Waals surface area contributed by atoms with Gasteiger partial charge in [-0.3, -0.25) is 9.21 Å². The van der Waals surface area contributed by atoms with Gasteiger partial charge in [-0.15, -0.1) is 0 Å². The number of benzene rings is 2. The van der Waals surface area contributed by atoms with Gasteiger partial charge in [0.2, 0.25) is 0 Å². The largest absolute Gasteiger partial charge is 0.394 e. The Labute approximate surface area is 196 Å². The zero-order valence-electron chi connectivity index (χ0n) is 19.2. The zero-order valence-corrected chi connectivity index (χ0v) is 20.8. The molecule has 0 saturated carbocycles. The van der Waals surface area contributed by atoms with Gasteiger partial charge in [0, 0.05) is 24.7 Å². The first-order chi connectivity index (χ1) is 15.1. The summed E-state index contributed by atoms with van der Waals surface area (Å²) in [6, 6.07) is 10.3. The van der Waals surface area contributed by atoms with Gasteiger partial charge in [-0.05, 0) is 49.1 Å². The number of aliphatic hydroxyl groups is 1. The van der Waals surface area contributed by atoms with Crippen LogP contribution >= 0.6 is 11.6 Å². The van der Waals surface area contributed by atoms with Gasteiger partial charge in [0.1, 0.15) is 0 Å². The predicted octanol–water partition coefficient (Wildman–Crippen LogP) is 4.17. The molecular weight excluding hydrogens is 448 g/mol. The molecule has 0 radical (unpaired) electrons. The van der Waals surface area contributed by atoms with E-state index in [9.17, 15) is 13.5 Å². The van der Waals surface area contributed by atoms with E-state index in [-0.39, 0.29) is 23.5 Å². The summed E-state index contributed by atoms with van der Waals surface area (Å²) < 4.78 is 34.3. The highest BCUT2D eigenvalue weighted by atomic mass is 35.5. The van der Waals surface area contributed by atoms with E-state index < -0.39 is 10.0 Å². The Morgan fingerprint density at radius 3 is 2.38 bits per heavy atom. The maximum absolute atomic E-state index is 13.7. The first-order valence-corrected chi connectivity index (χ1v) is 12.8. The Balaban J connectivity index is 1.99. The van der Waals surface area contributed by atoms with Crippen LogP contribution in [0.5, 0.6) is 0 Å². The molecule has 1 aliphatic heterocycles. The fourth-order valence-electron chi connectivity index (χ4n) is 4.11. The monoisotopic (exact) mass is 480 g/mol. The quantitative estimate of drug-likeness (QED) is 0.614. The summed E-state index contributed by atoms with van der Waals surface area (Å²) >= 11 is 6.58. The van der Waals surface area contributed by atoms with Gasteiger partial charge >= 0.3 is 0 Å². The van der Waals surface area contributed by atoms with E-state index in [0.717, 1.165) is 16.7 Å². The van der Waals surface area contributed by atoms with Gasteiger partial charge in [-0.1, -0.05) is 49.2 Å². The maximum atomic E-state index is 13.7. The molecular formula is C24H33ClN2O4S. The predicted molar refractivity (Wildman–Crippen MR) is 129 cm³/mol. The highest BCUT2D eigenvalue weighted by Crippen LogP contribution is 2.33. The van der Waals surface area contributed by atoms with Crippen molar-refractivity contribution in [3.05, 3.63) is 58.1 Å². The lowest BCUT2D eigenvalue weighted by Gasteiger charge is -2.34. The number of ether oxygens (including phenoxy) is 1. The third kappa shape index (κ3) is 5.46. The van der Waals surface area contributed by atoms with Crippen LogP contribution in [0, 0.1) is 19.8 Å². The molecule has 2 aromatic rings. The number of aryl methyl sites for hydroxylation is 2. The van der Waals surface area contributed by atoms with Crippen molar-refractivity contribution >= 4 is 27.3 Å². The van der Waals surface area contributed by atoms with Crippen molar-refractivity contribution in [3.8, 4) is 0 Å². The number of halogens is 1. The minimum Gasteiger partial charge on any atom is -0.394 e. The number of hydrogen-bond acceptors (Lipinski definition) is 5. The lowest BCUT2D eigenvalue weighted by Crippen LogP contribution is -2.40. The second-order valence-electron chi connectivity index (χ2n) is 8.75. The van der Waals surface area contributed by atoms with Gasteiger partial charge in [0.25, 0.3) is 10.0 Å². The van der Waals surface area contributed by atoms with Gasteiger partial charge in [0.15, 0.2) is 0 Å². The van der Waals surface area contributed by atoms with E-state index in [1.807, 2.05) is 45.9 Å². The van der Waals surface area contributed by atoms with Crippen molar-refractivity contribution in [1.82, 2.24) is 4.90 Å². The number of rotatable bonds is 8. The molecule has 1 fully saturated rings. The molecule has 1 atom stereocenters. The molecule has 8 heteroatoms. The Hall–Kier alpha value is -1.64. The Morgan fingerprint density at radius 2 is 1.81 bits per heavy atom. The topological polar surface area (TPSA) is 70.1 Å². The molecule has 0 aliphatic carbocycles. The molecule has 3 rings (SSSR count). The van der Waals surface area contributed by atoms with Crippen LogP contribution in [-0.2, 0) is 14.8 Å². The molecule has 32 heavy (non-hydrogen) atoms. The molecule has 0 amide bonds. The molecule has 1 aliphatic rings. The van der Waals surface area contributed by atoms with Gasteiger partial charge in [-0.25, -0.2) is 8.42 Å². The molecule has 2 aromatic carbocycles. The number of anilines is 1. The van der Waals surface area contributed by atoms with Crippen LogP contribution < -0.4 is 4.31 Å². The standard InChI is InChI=1S/C24H33ClN2O4S/c1-17(2)15-27(23-8-5-18(3)13-19(23)4)32(29,30)20-6-7-21(22(25)14-20)24(16-28)26-9-11-31-12-10-26/h5-8,13-14,17,24,28H,9-12,15-16H2,1-4H3. The van der Waals surface area contributed by atoms with Crippen LogP contribution in [0.15, 0.2) is 41.3 Å². The van der Waals surface area contributed by atoms with Crippen LogP contribution in [0.1, 0.15) is 36.6 Å². The smallest absolute Gasteiger partial charge is 0.264 e. The van der Waals surface area contributed by atoms with Crippen LogP contribution in [0.3, 0.4) is 0 Å². The summed E-state index contributed by atoms with van der Waals surface area (Å²) in [5.74, 6) is 0.139. The number of nitrogens with zero attached hydrogens (tertiary/aromatic N) is 2. The lowest BCUT2D eigenvalue weighted by atomic mass is 10.1. The van der Waals surface area contributed by atoms with Gasteiger partial charge in [0.05, 0.1) is 36.4 Å². The maximum Gasteiger partial charge on any atom is 0.264 e. The second kappa shape index (κ2) is 10.5. The average Bonchev–Trinajstić information content (AvgIpc) is 2.74. The van der Waals surface area contributed by atoms with Crippen molar-refractivity contribution in [2.75, 3.05) is 43.8 Å². The van der Waals surface area contributed by atoms with Crippen molar-refractivity contribution < 1.29 is 18.3 Å². The van der Waals surface area contributed by atoms with Crippen LogP contribution in [0.25, 0.3) is 0 Å². The zero-order chi connectivity index (χ0) is 23.5. The van der Waals surface area contributed by atoms with Crippen molar-refractivity contribution in [3.63, 3.8) is 0 Å². The summed E-state index contributed by atoms with van der Waals surface area (Å²) in [4.78, 5) is 2.25. The molecule has 1 N–H and O–H groups in total. The van der Waals surface area contributed by atoms with Crippen molar-refractivity contribution in [2.24, 2.45) is 5.92 Å². The van der Waals surface area contributed by atoms with Gasteiger partial charge < -0.3 is 9.84 Å². The Bertz CT molecular complexity index is 1040. The Morgan fingerprint density at radius 1 is 1.12 bits per heavy atom. The summed E-state index contributed by atoms with van der Waals surface area (Å²) in [6.45, 7) is 10.7. The van der Waals surface area contributed by atoms with E-state index >= 15 is 0 Å². The highest BCUT2D eigenvalue weighted by molar-refractivity contribution is 7.92. The third-order valence-corrected chi connectivity index (χ3v) is 7.83. The molecule has 1 unspecified atom stereocenters. The third-order valence-electron chi connectivity index (χ3n) is 5.73. The normalized spacial score (nSPS) is 16.3. The molecule has 0 bridgehead atoms. The fourth-order valence-corrected chi connectivity index (χ4v) is 6.20. The number of sulfonamides is 1. The van der Waals surface area contributed by atoms with E-state index in [0.29, 0.717) is 43.6 Å². The van der Waals surface area contributed by atoms with Crippen LogP contribution in [0.2, 0.25) is 5.02 Å². The molecule has 0 aromatic heterocycles. The van der Waals surface area contributed by atoms with E-state index in [2.05, 4.69) is 4.90 Å². The van der Waals surface area contributed by atoms with E-state index in [1.165, 1.54) is 10.4 Å². The van der Waals surface area contributed by atoms with E-state index in [4.69, 9.17) is 16.3 Å². The van der Waals surface area contributed by atoms with Crippen molar-refractivity contribution in [2.45, 2.75) is 38.6 Å². The van der Waals surface area contributed by atoms with Crippen LogP contribution in [-0.4, -0.2) is 57.9 Å². The second-order valence-corrected chi connectivity index (χ2v) is 11.0. The minimum absolute atomic E-state index is 0.103. The van der Waals surface area contributed by atoms with Gasteiger partial charge in [-0.2, -0.15) is 0 Å². The molecule has 6 nitrogen and oxygen atoms in total. The summed E-state index contributed by atoms with van der Waals surface area (Å²) in [5, 5.41) is 10.3. The summed E-state index contributed by atoms with van der Waals surface area (Å²) in [5.41, 5.74) is 3.38. The minimum atomic E-state index is -3.83. The van der Waals surface area contributed by atoms with Crippen molar-refractivity contribution in [1.29, 1.82) is 0 Å². The van der Waals surface area contributed by atoms with E-state index in [1.54, 1.807) is 12.1 Å². The first kappa shape index (κ1) is 25.0. The summed E-state index contributed by atoms with van der Waals surface area (Å²) in [6.07, 6.45) is 0. The van der Waals surface area contributed by atoms with Crippen LogP contribution in [0.4, 0.5) is 5.69 Å². The highest BCUT2D eigenvalue weighted by Gasteiger charge is 2.29. The lowest BCUT2D eigenvalue weighted by molar-refractivity contribution is 0.00260. The molecule has 176 valence electrons. The molecule has 1 heterocycles. The molecule has 0 spiro atoms. The number of hydrogen-bond donors (Lipinski definition) is 1. The summed E-state index contributed by atoms with van der Waals surface area (Å²) in [7, 11) is -3.83.